The summed E-state index contributed by atoms with van der Waals surface area (Å²) < 4.78 is 5.24. The molecule has 0 spiro atoms. The summed E-state index contributed by atoms with van der Waals surface area (Å²) in [4.78, 5) is 37.7. The second kappa shape index (κ2) is 6.86. The van der Waals surface area contributed by atoms with Gasteiger partial charge in [0.2, 0.25) is 5.88 Å². The van der Waals surface area contributed by atoms with Gasteiger partial charge in [-0.15, -0.1) is 0 Å². The molecular formula is C18H15ClN4O5. The fraction of sp³-hybridized carbons (Fsp3) is 0.222. The number of halogens is 1. The normalized spacial score (nSPS) is 14.6. The molecule has 1 atom stereocenters. The summed E-state index contributed by atoms with van der Waals surface area (Å²) in [6.45, 7) is -0.829. The van der Waals surface area contributed by atoms with Crippen LogP contribution in [0.1, 0.15) is 20.7 Å². The SMILES string of the molecule is COc1nccc(Cl)c1-c1nc2cc3c(cc2[nH]1)C(=O)N(C[C@@H](O)CO)C3=O. The largest absolute Gasteiger partial charge is 0.480 e. The number of aliphatic hydroxyl groups is 2. The first-order valence-electron chi connectivity index (χ1n) is 8.32. The number of β-amino-alcohol motifs (C(OH)–C–C–N with tert-alkyl or cyclic N) is 1. The van der Waals surface area contributed by atoms with Crippen molar-refractivity contribution in [2.24, 2.45) is 0 Å². The Morgan fingerprint density at radius 2 is 2.00 bits per heavy atom. The zero-order valence-corrected chi connectivity index (χ0v) is 15.4. The van der Waals surface area contributed by atoms with E-state index < -0.39 is 24.5 Å². The number of ether oxygens (including phenoxy) is 1. The summed E-state index contributed by atoms with van der Waals surface area (Å²) in [5, 5.41) is 18.9. The van der Waals surface area contributed by atoms with Gasteiger partial charge in [0, 0.05) is 6.20 Å². The van der Waals surface area contributed by atoms with Gasteiger partial charge in [0.25, 0.3) is 11.8 Å². The number of hydrogen-bond donors (Lipinski definition) is 3. The van der Waals surface area contributed by atoms with Crippen LogP contribution in [0.5, 0.6) is 5.88 Å². The molecule has 0 aliphatic carbocycles. The number of H-pyrrole nitrogens is 1. The van der Waals surface area contributed by atoms with Crippen LogP contribution in [0.3, 0.4) is 0 Å². The predicted octanol–water partition coefficient (Wildman–Crippen LogP) is 1.24. The molecule has 3 heterocycles. The number of nitrogens with zero attached hydrogens (tertiary/aromatic N) is 3. The third-order valence-electron chi connectivity index (χ3n) is 4.47. The molecule has 2 amide bonds. The average molecular weight is 403 g/mol. The first-order chi connectivity index (χ1) is 13.4. The van der Waals surface area contributed by atoms with Gasteiger partial charge < -0.3 is 19.9 Å². The Bertz CT molecular complexity index is 1060. The molecule has 1 aliphatic rings. The third-order valence-corrected chi connectivity index (χ3v) is 4.79. The molecule has 0 bridgehead atoms. The number of imide groups is 1. The molecule has 3 N–H and O–H groups in total. The van der Waals surface area contributed by atoms with Crippen LogP contribution in [0, 0.1) is 0 Å². The van der Waals surface area contributed by atoms with E-state index in [2.05, 4.69) is 15.0 Å². The summed E-state index contributed by atoms with van der Waals surface area (Å²) in [5.74, 6) is -0.407. The number of aromatic amines is 1. The van der Waals surface area contributed by atoms with Crippen LogP contribution in [0.15, 0.2) is 24.4 Å². The average Bonchev–Trinajstić information content (AvgIpc) is 3.20. The standard InChI is InChI=1S/C18H15ClN4O5/c1-28-16-14(11(19)2-3-20-16)15-21-12-4-9-10(5-13(12)22-15)18(27)23(17(9)26)6-8(25)7-24/h2-5,8,24-25H,6-7H2,1H3,(H,21,22)/t8-/m1/s1. The fourth-order valence-corrected chi connectivity index (χ4v) is 3.36. The Balaban J connectivity index is 1.79. The van der Waals surface area contributed by atoms with Gasteiger partial charge in [-0.1, -0.05) is 11.6 Å². The Morgan fingerprint density at radius 3 is 2.68 bits per heavy atom. The summed E-state index contributed by atoms with van der Waals surface area (Å²) in [6, 6.07) is 4.64. The number of aromatic nitrogens is 3. The number of rotatable bonds is 5. The van der Waals surface area contributed by atoms with Crippen molar-refractivity contribution in [1.29, 1.82) is 0 Å². The van der Waals surface area contributed by atoms with Crippen molar-refractivity contribution in [3.8, 4) is 17.3 Å². The van der Waals surface area contributed by atoms with Gasteiger partial charge in [-0.3, -0.25) is 14.5 Å². The summed E-state index contributed by atoms with van der Waals surface area (Å²) >= 11 is 6.26. The number of carbonyl (C=O) groups excluding carboxylic acids is 2. The van der Waals surface area contributed by atoms with Crippen LogP contribution in [-0.2, 0) is 0 Å². The van der Waals surface area contributed by atoms with Gasteiger partial charge in [0.15, 0.2) is 0 Å². The zero-order chi connectivity index (χ0) is 20.0. The number of benzene rings is 1. The molecule has 0 saturated carbocycles. The van der Waals surface area contributed by atoms with E-state index in [1.807, 2.05) is 0 Å². The van der Waals surface area contributed by atoms with Crippen molar-refractivity contribution in [2.45, 2.75) is 6.10 Å². The van der Waals surface area contributed by atoms with Gasteiger partial charge in [0.05, 0.1) is 59.1 Å². The molecule has 1 aromatic carbocycles. The molecule has 1 aliphatic heterocycles. The van der Waals surface area contributed by atoms with E-state index in [1.165, 1.54) is 25.4 Å². The van der Waals surface area contributed by atoms with Crippen molar-refractivity contribution >= 4 is 34.4 Å². The van der Waals surface area contributed by atoms with Crippen LogP contribution < -0.4 is 4.74 Å². The second-order valence-corrected chi connectivity index (χ2v) is 6.64. The lowest BCUT2D eigenvalue weighted by Crippen LogP contribution is -2.38. The van der Waals surface area contributed by atoms with Crippen molar-refractivity contribution < 1.29 is 24.5 Å². The van der Waals surface area contributed by atoms with Crippen molar-refractivity contribution in [1.82, 2.24) is 19.9 Å². The lowest BCUT2D eigenvalue weighted by atomic mass is 10.1. The molecule has 144 valence electrons. The lowest BCUT2D eigenvalue weighted by Gasteiger charge is -2.16. The smallest absolute Gasteiger partial charge is 0.261 e. The molecule has 0 fully saturated rings. The van der Waals surface area contributed by atoms with Crippen LogP contribution in [0.2, 0.25) is 5.02 Å². The molecular weight excluding hydrogens is 388 g/mol. The molecule has 0 unspecified atom stereocenters. The van der Waals surface area contributed by atoms with Crippen LogP contribution in [-0.4, -0.2) is 68.2 Å². The molecule has 10 heteroatoms. The molecule has 2 aromatic heterocycles. The molecule has 9 nitrogen and oxygen atoms in total. The first-order valence-corrected chi connectivity index (χ1v) is 8.70. The van der Waals surface area contributed by atoms with Gasteiger partial charge in [-0.2, -0.15) is 0 Å². The van der Waals surface area contributed by atoms with Crippen molar-refractivity contribution in [3.63, 3.8) is 0 Å². The molecule has 0 saturated heterocycles. The molecule has 4 rings (SSSR count). The summed E-state index contributed by atoms with van der Waals surface area (Å²) in [5.41, 5.74) is 1.84. The Hall–Kier alpha value is -3.01. The van der Waals surface area contributed by atoms with E-state index in [1.54, 1.807) is 6.07 Å². The fourth-order valence-electron chi connectivity index (χ4n) is 3.14. The second-order valence-electron chi connectivity index (χ2n) is 6.23. The highest BCUT2D eigenvalue weighted by Gasteiger charge is 2.37. The van der Waals surface area contributed by atoms with E-state index in [4.69, 9.17) is 21.4 Å². The highest BCUT2D eigenvalue weighted by molar-refractivity contribution is 6.33. The monoisotopic (exact) mass is 402 g/mol. The number of carbonyl (C=O) groups is 2. The molecule has 28 heavy (non-hydrogen) atoms. The summed E-state index contributed by atoms with van der Waals surface area (Å²) in [6.07, 6.45) is 0.311. The number of imidazole rings is 1. The van der Waals surface area contributed by atoms with E-state index >= 15 is 0 Å². The van der Waals surface area contributed by atoms with Crippen molar-refractivity contribution in [3.05, 3.63) is 40.5 Å². The highest BCUT2D eigenvalue weighted by Crippen LogP contribution is 2.35. The Labute approximate surface area is 163 Å². The van der Waals surface area contributed by atoms with Crippen molar-refractivity contribution in [2.75, 3.05) is 20.3 Å². The van der Waals surface area contributed by atoms with Gasteiger partial charge in [0.1, 0.15) is 5.82 Å². The van der Waals surface area contributed by atoms with Gasteiger partial charge in [-0.05, 0) is 18.2 Å². The minimum Gasteiger partial charge on any atom is -0.480 e. The number of pyridine rings is 1. The van der Waals surface area contributed by atoms with Crippen LogP contribution >= 0.6 is 11.6 Å². The number of aliphatic hydroxyl groups excluding tert-OH is 2. The number of methoxy groups -OCH3 is 1. The molecule has 3 aromatic rings. The van der Waals surface area contributed by atoms with E-state index in [0.29, 0.717) is 27.4 Å². The highest BCUT2D eigenvalue weighted by atomic mass is 35.5. The Kier molecular flexibility index (Phi) is 4.50. The maximum Gasteiger partial charge on any atom is 0.261 e. The van der Waals surface area contributed by atoms with E-state index in [0.717, 1.165) is 4.90 Å². The number of hydrogen-bond acceptors (Lipinski definition) is 7. The van der Waals surface area contributed by atoms with E-state index in [-0.39, 0.29) is 23.6 Å². The maximum absolute atomic E-state index is 12.6. The zero-order valence-electron chi connectivity index (χ0n) is 14.6. The quantitative estimate of drug-likeness (QED) is 0.547. The first kappa shape index (κ1) is 18.4. The number of amides is 2. The van der Waals surface area contributed by atoms with E-state index in [9.17, 15) is 14.7 Å². The molecule has 0 radical (unpaired) electrons. The number of nitrogens with one attached hydrogen (secondary N) is 1. The predicted molar refractivity (Wildman–Crippen MR) is 99.3 cm³/mol. The van der Waals surface area contributed by atoms with Crippen LogP contribution in [0.25, 0.3) is 22.4 Å². The van der Waals surface area contributed by atoms with Gasteiger partial charge >= 0.3 is 0 Å². The maximum atomic E-state index is 12.6. The topological polar surface area (TPSA) is 129 Å². The summed E-state index contributed by atoms with van der Waals surface area (Å²) in [7, 11) is 1.46. The van der Waals surface area contributed by atoms with Gasteiger partial charge in [-0.25, -0.2) is 9.97 Å². The minimum atomic E-state index is -1.20. The Morgan fingerprint density at radius 1 is 1.29 bits per heavy atom. The number of fused-ring (bicyclic) bond motifs is 2. The third kappa shape index (κ3) is 2.80. The van der Waals surface area contributed by atoms with Crippen LogP contribution in [0.4, 0.5) is 0 Å². The lowest BCUT2D eigenvalue weighted by molar-refractivity contribution is 0.0426. The minimum absolute atomic E-state index is 0.185.